The number of aliphatic hydroxyl groups is 1. The second kappa shape index (κ2) is 7.17. The van der Waals surface area contributed by atoms with Crippen LogP contribution < -0.4 is 10.9 Å². The number of nitrogens with one attached hydrogen (secondary N) is 2. The van der Waals surface area contributed by atoms with Gasteiger partial charge in [0.25, 0.3) is 11.5 Å². The Kier molecular flexibility index (Phi) is 5.27. The van der Waals surface area contributed by atoms with Gasteiger partial charge >= 0.3 is 0 Å². The van der Waals surface area contributed by atoms with Crippen molar-refractivity contribution in [2.24, 2.45) is 5.92 Å². The minimum Gasteiger partial charge on any atom is -0.391 e. The van der Waals surface area contributed by atoms with Crippen LogP contribution in [0.15, 0.2) is 29.1 Å². The molecule has 0 aliphatic heterocycles. The summed E-state index contributed by atoms with van der Waals surface area (Å²) in [6.45, 7) is 4.19. The van der Waals surface area contributed by atoms with E-state index >= 15 is 0 Å². The Morgan fingerprint density at radius 2 is 1.91 bits per heavy atom. The molecule has 0 bridgehead atoms. The van der Waals surface area contributed by atoms with Crippen molar-refractivity contribution < 1.29 is 9.90 Å². The number of fused-ring (bicyclic) bond motifs is 1. The summed E-state index contributed by atoms with van der Waals surface area (Å²) in [5.74, 6) is -0.252. The van der Waals surface area contributed by atoms with Gasteiger partial charge in [0.05, 0.1) is 11.5 Å². The summed E-state index contributed by atoms with van der Waals surface area (Å²) >= 11 is 0. The van der Waals surface area contributed by atoms with Crippen LogP contribution >= 0.6 is 0 Å². The summed E-state index contributed by atoms with van der Waals surface area (Å²) < 4.78 is 0. The molecule has 1 aromatic heterocycles. The van der Waals surface area contributed by atoms with Crippen molar-refractivity contribution in [1.82, 2.24) is 15.5 Å². The van der Waals surface area contributed by atoms with Gasteiger partial charge in [0.2, 0.25) is 0 Å². The van der Waals surface area contributed by atoms with Crippen LogP contribution in [0.3, 0.4) is 0 Å². The van der Waals surface area contributed by atoms with Crippen LogP contribution in [0.25, 0.3) is 10.8 Å². The van der Waals surface area contributed by atoms with Crippen LogP contribution in [0.2, 0.25) is 0 Å². The van der Waals surface area contributed by atoms with Crippen LogP contribution in [0.5, 0.6) is 0 Å². The molecule has 6 nitrogen and oxygen atoms in total. The summed E-state index contributed by atoms with van der Waals surface area (Å²) in [5, 5.41) is 19.8. The van der Waals surface area contributed by atoms with E-state index in [1.165, 1.54) is 0 Å². The number of hydrogen-bond acceptors (Lipinski definition) is 4. The van der Waals surface area contributed by atoms with Crippen molar-refractivity contribution in [2.45, 2.75) is 32.8 Å². The molecule has 1 amide bonds. The maximum absolute atomic E-state index is 12.3. The Morgan fingerprint density at radius 3 is 2.55 bits per heavy atom. The number of nitrogens with zero attached hydrogens (tertiary/aromatic N) is 1. The van der Waals surface area contributed by atoms with E-state index in [9.17, 15) is 14.7 Å². The summed E-state index contributed by atoms with van der Waals surface area (Å²) in [7, 11) is 0. The van der Waals surface area contributed by atoms with Gasteiger partial charge in [0.1, 0.15) is 0 Å². The highest BCUT2D eigenvalue weighted by molar-refractivity contribution is 6.04. The Bertz CT molecular complexity index is 707. The molecule has 0 saturated carbocycles. The molecular weight excluding hydrogens is 282 g/mol. The third-order valence-electron chi connectivity index (χ3n) is 3.98. The van der Waals surface area contributed by atoms with Gasteiger partial charge in [-0.1, -0.05) is 44.9 Å². The highest BCUT2D eigenvalue weighted by Gasteiger charge is 2.18. The standard InChI is InChI=1S/C16H21N3O3/c1-3-10(4-2)13(20)9-17-16(22)14-11-7-5-6-8-12(11)15(21)19-18-14/h5-8,10,13,20H,3-4,9H2,1-2H3,(H,17,22)(H,19,21). The molecule has 0 radical (unpaired) electrons. The van der Waals surface area contributed by atoms with Crippen LogP contribution in [-0.2, 0) is 0 Å². The lowest BCUT2D eigenvalue weighted by atomic mass is 9.96. The molecule has 0 spiro atoms. The number of benzene rings is 1. The fourth-order valence-corrected chi connectivity index (χ4v) is 2.57. The third-order valence-corrected chi connectivity index (χ3v) is 3.98. The van der Waals surface area contributed by atoms with E-state index < -0.39 is 12.0 Å². The fourth-order valence-electron chi connectivity index (χ4n) is 2.57. The van der Waals surface area contributed by atoms with Crippen molar-refractivity contribution >= 4 is 16.7 Å². The zero-order valence-electron chi connectivity index (χ0n) is 12.8. The zero-order valence-corrected chi connectivity index (χ0v) is 12.8. The van der Waals surface area contributed by atoms with E-state index in [2.05, 4.69) is 15.5 Å². The first-order valence-electron chi connectivity index (χ1n) is 7.52. The van der Waals surface area contributed by atoms with Gasteiger partial charge in [-0.15, -0.1) is 0 Å². The van der Waals surface area contributed by atoms with Crippen molar-refractivity contribution in [3.05, 3.63) is 40.3 Å². The summed E-state index contributed by atoms with van der Waals surface area (Å²) in [6, 6.07) is 6.81. The number of rotatable bonds is 6. The lowest BCUT2D eigenvalue weighted by molar-refractivity contribution is 0.0813. The Hall–Kier alpha value is -2.21. The molecule has 0 aliphatic carbocycles. The van der Waals surface area contributed by atoms with E-state index in [0.29, 0.717) is 10.8 Å². The molecule has 118 valence electrons. The first kappa shape index (κ1) is 16.2. The first-order chi connectivity index (χ1) is 10.6. The molecule has 2 aromatic rings. The molecule has 0 saturated heterocycles. The highest BCUT2D eigenvalue weighted by Crippen LogP contribution is 2.14. The predicted molar refractivity (Wildman–Crippen MR) is 84.8 cm³/mol. The van der Waals surface area contributed by atoms with Gasteiger partial charge in [-0.25, -0.2) is 5.10 Å². The predicted octanol–water partition coefficient (Wildman–Crippen LogP) is 1.45. The molecule has 1 atom stereocenters. The Labute approximate surface area is 128 Å². The lowest BCUT2D eigenvalue weighted by Crippen LogP contribution is -2.36. The molecule has 1 heterocycles. The normalized spacial score (nSPS) is 12.5. The van der Waals surface area contributed by atoms with E-state index in [1.807, 2.05) is 13.8 Å². The Balaban J connectivity index is 2.17. The minimum absolute atomic E-state index is 0.153. The number of carbonyl (C=O) groups excluding carboxylic acids is 1. The lowest BCUT2D eigenvalue weighted by Gasteiger charge is -2.20. The SMILES string of the molecule is CCC(CC)C(O)CNC(=O)c1n[nH]c(=O)c2ccccc12. The molecule has 1 aromatic carbocycles. The molecule has 1 unspecified atom stereocenters. The van der Waals surface area contributed by atoms with Crippen molar-refractivity contribution in [2.75, 3.05) is 6.54 Å². The van der Waals surface area contributed by atoms with Crippen LogP contribution in [0, 0.1) is 5.92 Å². The maximum atomic E-state index is 12.3. The average molecular weight is 303 g/mol. The van der Waals surface area contributed by atoms with Gasteiger partial charge in [0.15, 0.2) is 5.69 Å². The number of aromatic nitrogens is 2. The molecule has 22 heavy (non-hydrogen) atoms. The number of carbonyl (C=O) groups is 1. The van der Waals surface area contributed by atoms with Gasteiger partial charge in [0, 0.05) is 11.9 Å². The number of aliphatic hydroxyl groups excluding tert-OH is 1. The highest BCUT2D eigenvalue weighted by atomic mass is 16.3. The number of hydrogen-bond donors (Lipinski definition) is 3. The average Bonchev–Trinajstić information content (AvgIpc) is 2.54. The van der Waals surface area contributed by atoms with Gasteiger partial charge in [-0.2, -0.15) is 5.10 Å². The van der Waals surface area contributed by atoms with Crippen LogP contribution in [-0.4, -0.2) is 33.9 Å². The first-order valence-corrected chi connectivity index (χ1v) is 7.52. The van der Waals surface area contributed by atoms with Gasteiger partial charge in [-0.3, -0.25) is 9.59 Å². The smallest absolute Gasteiger partial charge is 0.272 e. The molecular formula is C16H21N3O3. The van der Waals surface area contributed by atoms with Crippen molar-refractivity contribution in [3.63, 3.8) is 0 Å². The number of amides is 1. The molecule has 6 heteroatoms. The second-order valence-electron chi connectivity index (χ2n) is 5.30. The number of H-pyrrole nitrogens is 1. The summed E-state index contributed by atoms with van der Waals surface area (Å²) in [5.41, 5.74) is -0.170. The molecule has 3 N–H and O–H groups in total. The van der Waals surface area contributed by atoms with Crippen LogP contribution in [0.4, 0.5) is 0 Å². The van der Waals surface area contributed by atoms with Crippen molar-refractivity contribution in [3.8, 4) is 0 Å². The van der Waals surface area contributed by atoms with E-state index in [0.717, 1.165) is 12.8 Å². The minimum atomic E-state index is -0.590. The van der Waals surface area contributed by atoms with E-state index in [1.54, 1.807) is 24.3 Å². The Morgan fingerprint density at radius 1 is 1.27 bits per heavy atom. The third kappa shape index (κ3) is 3.33. The second-order valence-corrected chi connectivity index (χ2v) is 5.30. The quantitative estimate of drug-likeness (QED) is 0.752. The molecule has 0 fully saturated rings. The maximum Gasteiger partial charge on any atom is 0.272 e. The van der Waals surface area contributed by atoms with Crippen molar-refractivity contribution in [1.29, 1.82) is 0 Å². The largest absolute Gasteiger partial charge is 0.391 e. The monoisotopic (exact) mass is 303 g/mol. The zero-order chi connectivity index (χ0) is 16.1. The van der Waals surface area contributed by atoms with Gasteiger partial charge in [-0.05, 0) is 12.0 Å². The molecule has 0 aliphatic rings. The summed E-state index contributed by atoms with van der Waals surface area (Å²) in [4.78, 5) is 24.0. The fraction of sp³-hybridized carbons (Fsp3) is 0.438. The topological polar surface area (TPSA) is 95.1 Å². The van der Waals surface area contributed by atoms with Gasteiger partial charge < -0.3 is 10.4 Å². The summed E-state index contributed by atoms with van der Waals surface area (Å²) in [6.07, 6.45) is 1.12. The van der Waals surface area contributed by atoms with E-state index in [-0.39, 0.29) is 23.7 Å². The molecule has 2 rings (SSSR count). The van der Waals surface area contributed by atoms with E-state index in [4.69, 9.17) is 0 Å². The van der Waals surface area contributed by atoms with Crippen LogP contribution in [0.1, 0.15) is 37.2 Å². The number of aromatic amines is 1.